The average molecular weight is 494 g/mol. The van der Waals surface area contributed by atoms with E-state index in [1.807, 2.05) is 32.0 Å². The van der Waals surface area contributed by atoms with E-state index < -0.39 is 22.6 Å². The van der Waals surface area contributed by atoms with Crippen molar-refractivity contribution in [2.45, 2.75) is 26.6 Å². The van der Waals surface area contributed by atoms with Crippen LogP contribution in [0.4, 0.5) is 18.9 Å². The van der Waals surface area contributed by atoms with Gasteiger partial charge in [0.2, 0.25) is 0 Å². The van der Waals surface area contributed by atoms with E-state index >= 15 is 0 Å². The van der Waals surface area contributed by atoms with Gasteiger partial charge in [-0.2, -0.15) is 18.3 Å². The number of nitrogens with one attached hydrogen (secondary N) is 1. The lowest BCUT2D eigenvalue weighted by molar-refractivity contribution is -0.384. The minimum Gasteiger partial charge on any atom is -0.347 e. The van der Waals surface area contributed by atoms with Crippen LogP contribution in [-0.2, 0) is 12.7 Å². The number of nitro benzene ring substituents is 1. The summed E-state index contributed by atoms with van der Waals surface area (Å²) >= 11 is 0. The van der Waals surface area contributed by atoms with Gasteiger partial charge in [-0.3, -0.25) is 14.9 Å². The van der Waals surface area contributed by atoms with Crippen LogP contribution in [-0.4, -0.2) is 20.6 Å². The summed E-state index contributed by atoms with van der Waals surface area (Å²) in [4.78, 5) is 23.6. The molecule has 0 aliphatic carbocycles. The number of aryl methyl sites for hydroxylation is 2. The standard InChI is InChI=1S/C26H21F3N4O3/c1-16-6-7-19(12-17(16)2)23-14-24(32(31-23)21-8-10-22(11-9-21)33(35)36)25(34)30-15-18-4-3-5-20(13-18)26(27,28)29/h3-14H,15H2,1-2H3,(H,30,34). The smallest absolute Gasteiger partial charge is 0.347 e. The molecule has 0 saturated carbocycles. The number of halogens is 3. The fraction of sp³-hybridized carbons (Fsp3) is 0.154. The van der Waals surface area contributed by atoms with Crippen molar-refractivity contribution in [1.82, 2.24) is 15.1 Å². The van der Waals surface area contributed by atoms with Crippen LogP contribution >= 0.6 is 0 Å². The van der Waals surface area contributed by atoms with E-state index in [1.165, 1.54) is 41.1 Å². The Morgan fingerprint density at radius 2 is 1.72 bits per heavy atom. The van der Waals surface area contributed by atoms with Crippen LogP contribution in [0.15, 0.2) is 72.8 Å². The molecule has 0 spiro atoms. The lowest BCUT2D eigenvalue weighted by atomic mass is 10.0. The maximum Gasteiger partial charge on any atom is 0.416 e. The van der Waals surface area contributed by atoms with Gasteiger partial charge in [0.15, 0.2) is 0 Å². The summed E-state index contributed by atoms with van der Waals surface area (Å²) < 4.78 is 40.4. The number of benzene rings is 3. The summed E-state index contributed by atoms with van der Waals surface area (Å²) in [7, 11) is 0. The summed E-state index contributed by atoms with van der Waals surface area (Å²) in [6.07, 6.45) is -4.49. The molecule has 4 rings (SSSR count). The number of alkyl halides is 3. The van der Waals surface area contributed by atoms with Gasteiger partial charge in [-0.1, -0.05) is 24.3 Å². The van der Waals surface area contributed by atoms with Gasteiger partial charge in [-0.15, -0.1) is 0 Å². The molecule has 1 aromatic heterocycles. The third-order valence-corrected chi connectivity index (χ3v) is 5.76. The van der Waals surface area contributed by atoms with Crippen molar-refractivity contribution in [2.75, 3.05) is 0 Å². The van der Waals surface area contributed by atoms with Gasteiger partial charge in [0.05, 0.1) is 21.9 Å². The maximum absolute atomic E-state index is 13.1. The average Bonchev–Trinajstić information content (AvgIpc) is 3.29. The van der Waals surface area contributed by atoms with Crippen LogP contribution in [0.5, 0.6) is 0 Å². The molecule has 0 bridgehead atoms. The molecule has 0 radical (unpaired) electrons. The number of aromatic nitrogens is 2. The molecule has 1 N–H and O–H groups in total. The predicted molar refractivity (Wildman–Crippen MR) is 128 cm³/mol. The summed E-state index contributed by atoms with van der Waals surface area (Å²) in [5.74, 6) is -0.562. The highest BCUT2D eigenvalue weighted by molar-refractivity contribution is 5.94. The molecule has 0 fully saturated rings. The van der Waals surface area contributed by atoms with Crippen molar-refractivity contribution in [3.8, 4) is 16.9 Å². The fourth-order valence-electron chi connectivity index (χ4n) is 3.63. The van der Waals surface area contributed by atoms with Crippen molar-refractivity contribution in [1.29, 1.82) is 0 Å². The molecule has 0 aliphatic heterocycles. The highest BCUT2D eigenvalue weighted by Crippen LogP contribution is 2.30. The Morgan fingerprint density at radius 3 is 2.36 bits per heavy atom. The van der Waals surface area contributed by atoms with Gasteiger partial charge in [0.1, 0.15) is 5.69 Å². The van der Waals surface area contributed by atoms with Gasteiger partial charge in [0, 0.05) is 24.2 Å². The second-order valence-electron chi connectivity index (χ2n) is 8.28. The Morgan fingerprint density at radius 1 is 1.00 bits per heavy atom. The molecular weight excluding hydrogens is 473 g/mol. The van der Waals surface area contributed by atoms with E-state index in [4.69, 9.17) is 0 Å². The SMILES string of the molecule is Cc1ccc(-c2cc(C(=O)NCc3cccc(C(F)(F)F)c3)n(-c3ccc([N+](=O)[O-])cc3)n2)cc1C. The molecular formula is C26H21F3N4O3. The Hall–Kier alpha value is -4.47. The highest BCUT2D eigenvalue weighted by atomic mass is 19.4. The monoisotopic (exact) mass is 494 g/mol. The number of hydrogen-bond acceptors (Lipinski definition) is 4. The van der Waals surface area contributed by atoms with Crippen molar-refractivity contribution < 1.29 is 22.9 Å². The summed E-state index contributed by atoms with van der Waals surface area (Å²) in [5.41, 5.74) is 3.31. The number of non-ortho nitro benzene ring substituents is 1. The Bertz CT molecular complexity index is 1440. The Labute approximate surface area is 204 Å². The first kappa shape index (κ1) is 24.6. The second-order valence-corrected chi connectivity index (χ2v) is 8.28. The first-order valence-electron chi connectivity index (χ1n) is 10.9. The van der Waals surface area contributed by atoms with E-state index in [9.17, 15) is 28.1 Å². The van der Waals surface area contributed by atoms with Crippen LogP contribution in [0.3, 0.4) is 0 Å². The normalized spacial score (nSPS) is 11.4. The number of nitro groups is 1. The number of rotatable bonds is 6. The van der Waals surface area contributed by atoms with Crippen LogP contribution in [0.25, 0.3) is 16.9 Å². The van der Waals surface area contributed by atoms with Crippen LogP contribution < -0.4 is 5.32 Å². The van der Waals surface area contributed by atoms with E-state index in [1.54, 1.807) is 6.07 Å². The van der Waals surface area contributed by atoms with E-state index in [0.29, 0.717) is 11.4 Å². The molecule has 7 nitrogen and oxygen atoms in total. The number of amides is 1. The fourth-order valence-corrected chi connectivity index (χ4v) is 3.63. The zero-order valence-electron chi connectivity index (χ0n) is 19.3. The van der Waals surface area contributed by atoms with Gasteiger partial charge in [-0.25, -0.2) is 4.68 Å². The van der Waals surface area contributed by atoms with Crippen LogP contribution in [0.1, 0.15) is 32.7 Å². The first-order valence-corrected chi connectivity index (χ1v) is 10.9. The minimum absolute atomic E-state index is 0.115. The molecule has 4 aromatic rings. The van der Waals surface area contributed by atoms with Crippen LogP contribution in [0, 0.1) is 24.0 Å². The Balaban J connectivity index is 1.68. The molecule has 0 unspecified atom stereocenters. The molecule has 0 atom stereocenters. The molecule has 36 heavy (non-hydrogen) atoms. The van der Waals surface area contributed by atoms with Crippen LogP contribution in [0.2, 0.25) is 0 Å². The van der Waals surface area contributed by atoms with Gasteiger partial charge < -0.3 is 5.32 Å². The van der Waals surface area contributed by atoms with Crippen molar-refractivity contribution in [3.63, 3.8) is 0 Å². The molecule has 1 heterocycles. The zero-order valence-corrected chi connectivity index (χ0v) is 19.3. The summed E-state index contributed by atoms with van der Waals surface area (Å²) in [6, 6.07) is 17.6. The van der Waals surface area contributed by atoms with E-state index in [-0.39, 0.29) is 23.5 Å². The lowest BCUT2D eigenvalue weighted by Crippen LogP contribution is -2.25. The largest absolute Gasteiger partial charge is 0.416 e. The van der Waals surface area contributed by atoms with Gasteiger partial charge in [-0.05, 0) is 66.9 Å². The van der Waals surface area contributed by atoms with Crippen molar-refractivity contribution in [3.05, 3.63) is 111 Å². The third-order valence-electron chi connectivity index (χ3n) is 5.76. The number of carbonyl (C=O) groups excluding carboxylic acids is 1. The van der Waals surface area contributed by atoms with Crippen molar-refractivity contribution in [2.24, 2.45) is 0 Å². The van der Waals surface area contributed by atoms with E-state index in [0.717, 1.165) is 28.8 Å². The maximum atomic E-state index is 13.1. The number of hydrogen-bond donors (Lipinski definition) is 1. The molecule has 3 aromatic carbocycles. The quantitative estimate of drug-likeness (QED) is 0.262. The van der Waals surface area contributed by atoms with Gasteiger partial charge >= 0.3 is 6.18 Å². The number of nitrogens with zero attached hydrogens (tertiary/aromatic N) is 3. The minimum atomic E-state index is -4.49. The number of carbonyl (C=O) groups is 1. The lowest BCUT2D eigenvalue weighted by Gasteiger charge is -2.10. The Kier molecular flexibility index (Phi) is 6.61. The second kappa shape index (κ2) is 9.65. The highest BCUT2D eigenvalue weighted by Gasteiger charge is 2.30. The summed E-state index contributed by atoms with van der Waals surface area (Å²) in [5, 5.41) is 18.2. The third kappa shape index (κ3) is 5.27. The molecule has 0 saturated heterocycles. The van der Waals surface area contributed by atoms with Crippen molar-refractivity contribution >= 4 is 11.6 Å². The molecule has 1 amide bonds. The predicted octanol–water partition coefficient (Wildman–Crippen LogP) is 6.01. The zero-order chi connectivity index (χ0) is 26.0. The first-order chi connectivity index (χ1) is 17.0. The molecule has 0 aliphatic rings. The molecule has 184 valence electrons. The molecule has 10 heteroatoms. The van der Waals surface area contributed by atoms with Gasteiger partial charge in [0.25, 0.3) is 11.6 Å². The van der Waals surface area contributed by atoms with E-state index in [2.05, 4.69) is 10.4 Å². The summed E-state index contributed by atoms with van der Waals surface area (Å²) in [6.45, 7) is 3.79. The topological polar surface area (TPSA) is 90.1 Å².